The molecule has 1 aromatic rings. The second-order valence-corrected chi connectivity index (χ2v) is 4.15. The van der Waals surface area contributed by atoms with E-state index in [1.54, 1.807) is 24.3 Å². The quantitative estimate of drug-likeness (QED) is 0.472. The molecule has 1 aliphatic rings. The van der Waals surface area contributed by atoms with Gasteiger partial charge in [0, 0.05) is 17.9 Å². The van der Waals surface area contributed by atoms with Crippen molar-refractivity contribution in [2.24, 2.45) is 5.73 Å². The Bertz CT molecular complexity index is 438. The van der Waals surface area contributed by atoms with Crippen LogP contribution in [0.3, 0.4) is 0 Å². The second-order valence-electron chi connectivity index (χ2n) is 4.15. The highest BCUT2D eigenvalue weighted by atomic mass is 16.5. The van der Waals surface area contributed by atoms with E-state index in [0.29, 0.717) is 24.5 Å². The summed E-state index contributed by atoms with van der Waals surface area (Å²) in [4.78, 5) is 11.6. The third kappa shape index (κ3) is 3.21. The molecule has 2 rings (SSSR count). The summed E-state index contributed by atoms with van der Waals surface area (Å²) in [5.74, 6) is 0.00843. The minimum absolute atomic E-state index is 0.00843. The third-order valence-corrected chi connectivity index (χ3v) is 2.72. The Hall–Kier alpha value is -2.08. The molecule has 1 unspecified atom stereocenters. The molecule has 0 radical (unpaired) electrons. The standard InChI is InChI=1S/C12H16N4O2/c13-11(14)8-1-3-9(4-2-8)15-12(17)16-10-5-6-18-7-10/h1-4,10H,5-7H2,(H3,13,14)(H2,15,16,17). The van der Waals surface area contributed by atoms with Crippen molar-refractivity contribution in [1.82, 2.24) is 5.32 Å². The number of nitrogens with one attached hydrogen (secondary N) is 3. The van der Waals surface area contributed by atoms with Crippen molar-refractivity contribution in [2.45, 2.75) is 12.5 Å². The first-order chi connectivity index (χ1) is 8.65. The summed E-state index contributed by atoms with van der Waals surface area (Å²) in [7, 11) is 0. The zero-order chi connectivity index (χ0) is 13.0. The van der Waals surface area contributed by atoms with Crippen LogP contribution in [-0.2, 0) is 4.74 Å². The highest BCUT2D eigenvalue weighted by Crippen LogP contribution is 2.09. The van der Waals surface area contributed by atoms with Crippen LogP contribution in [0, 0.1) is 5.41 Å². The normalized spacial score (nSPS) is 18.3. The number of amides is 2. The summed E-state index contributed by atoms with van der Waals surface area (Å²) in [5.41, 5.74) is 6.64. The molecule has 2 amide bonds. The van der Waals surface area contributed by atoms with E-state index in [1.807, 2.05) is 0 Å². The molecule has 0 aliphatic carbocycles. The number of anilines is 1. The lowest BCUT2D eigenvalue weighted by atomic mass is 10.2. The average molecular weight is 248 g/mol. The first-order valence-electron chi connectivity index (χ1n) is 5.75. The van der Waals surface area contributed by atoms with E-state index >= 15 is 0 Å². The van der Waals surface area contributed by atoms with E-state index in [1.165, 1.54) is 0 Å². The molecule has 1 heterocycles. The molecule has 0 saturated carbocycles. The zero-order valence-corrected chi connectivity index (χ0v) is 9.90. The maximum absolute atomic E-state index is 11.6. The van der Waals surface area contributed by atoms with Gasteiger partial charge in [-0.1, -0.05) is 0 Å². The third-order valence-electron chi connectivity index (χ3n) is 2.72. The van der Waals surface area contributed by atoms with Gasteiger partial charge in [-0.25, -0.2) is 4.79 Å². The summed E-state index contributed by atoms with van der Waals surface area (Å²) in [6.45, 7) is 1.26. The Morgan fingerprint density at radius 2 is 2.11 bits per heavy atom. The molecule has 18 heavy (non-hydrogen) atoms. The number of rotatable bonds is 3. The van der Waals surface area contributed by atoms with Gasteiger partial charge >= 0.3 is 6.03 Å². The largest absolute Gasteiger partial charge is 0.384 e. The van der Waals surface area contributed by atoms with Gasteiger partial charge in [0.1, 0.15) is 5.84 Å². The fourth-order valence-electron chi connectivity index (χ4n) is 1.73. The summed E-state index contributed by atoms with van der Waals surface area (Å²) in [6, 6.07) is 6.64. The van der Waals surface area contributed by atoms with Gasteiger partial charge in [0.25, 0.3) is 0 Å². The van der Waals surface area contributed by atoms with Gasteiger partial charge < -0.3 is 21.1 Å². The Balaban J connectivity index is 1.88. The number of nitrogen functional groups attached to an aromatic ring is 1. The van der Waals surface area contributed by atoms with Gasteiger partial charge in [-0.3, -0.25) is 5.41 Å². The molecule has 96 valence electrons. The van der Waals surface area contributed by atoms with E-state index in [2.05, 4.69) is 10.6 Å². The molecule has 0 bridgehead atoms. The topological polar surface area (TPSA) is 100 Å². The van der Waals surface area contributed by atoms with Crippen molar-refractivity contribution in [3.63, 3.8) is 0 Å². The van der Waals surface area contributed by atoms with Gasteiger partial charge in [0.05, 0.1) is 12.6 Å². The van der Waals surface area contributed by atoms with Gasteiger partial charge in [0.2, 0.25) is 0 Å². The molecule has 1 atom stereocenters. The van der Waals surface area contributed by atoms with Crippen molar-refractivity contribution in [3.05, 3.63) is 29.8 Å². The molecule has 0 aromatic heterocycles. The highest BCUT2D eigenvalue weighted by molar-refractivity contribution is 5.96. The van der Waals surface area contributed by atoms with Gasteiger partial charge in [0.15, 0.2) is 0 Å². The number of urea groups is 1. The average Bonchev–Trinajstić information content (AvgIpc) is 2.82. The summed E-state index contributed by atoms with van der Waals surface area (Å²) >= 11 is 0. The predicted octanol–water partition coefficient (Wildman–Crippen LogP) is 0.881. The lowest BCUT2D eigenvalue weighted by molar-refractivity contribution is 0.189. The van der Waals surface area contributed by atoms with Crippen LogP contribution in [0.2, 0.25) is 0 Å². The maximum Gasteiger partial charge on any atom is 0.319 e. The molecule has 1 saturated heterocycles. The second kappa shape index (κ2) is 5.50. The van der Waals surface area contributed by atoms with E-state index in [4.69, 9.17) is 15.9 Å². The first kappa shape index (κ1) is 12.4. The SMILES string of the molecule is N=C(N)c1ccc(NC(=O)NC2CCOC2)cc1. The lowest BCUT2D eigenvalue weighted by Crippen LogP contribution is -2.38. The van der Waals surface area contributed by atoms with E-state index in [-0.39, 0.29) is 17.9 Å². The Morgan fingerprint density at radius 1 is 1.39 bits per heavy atom. The molecule has 1 aliphatic heterocycles. The molecule has 1 aromatic carbocycles. The molecular weight excluding hydrogens is 232 g/mol. The fraction of sp³-hybridized carbons (Fsp3) is 0.333. The maximum atomic E-state index is 11.6. The van der Waals surface area contributed by atoms with Crippen LogP contribution in [0.25, 0.3) is 0 Å². The number of hydrogen-bond acceptors (Lipinski definition) is 3. The Morgan fingerprint density at radius 3 is 2.67 bits per heavy atom. The number of ether oxygens (including phenoxy) is 1. The van der Waals surface area contributed by atoms with Crippen LogP contribution >= 0.6 is 0 Å². The van der Waals surface area contributed by atoms with E-state index in [0.717, 1.165) is 6.42 Å². The molecule has 6 heteroatoms. The van der Waals surface area contributed by atoms with Crippen molar-refractivity contribution < 1.29 is 9.53 Å². The minimum Gasteiger partial charge on any atom is -0.384 e. The molecule has 0 spiro atoms. The van der Waals surface area contributed by atoms with E-state index in [9.17, 15) is 4.79 Å². The van der Waals surface area contributed by atoms with Crippen LogP contribution < -0.4 is 16.4 Å². The lowest BCUT2D eigenvalue weighted by Gasteiger charge is -2.12. The van der Waals surface area contributed by atoms with Gasteiger partial charge in [-0.05, 0) is 30.7 Å². The van der Waals surface area contributed by atoms with Crippen LogP contribution in [0.15, 0.2) is 24.3 Å². The number of benzene rings is 1. The number of nitrogens with two attached hydrogens (primary N) is 1. The van der Waals surface area contributed by atoms with Crippen molar-refractivity contribution in [1.29, 1.82) is 5.41 Å². The zero-order valence-electron chi connectivity index (χ0n) is 9.90. The van der Waals surface area contributed by atoms with Crippen LogP contribution in [-0.4, -0.2) is 31.1 Å². The highest BCUT2D eigenvalue weighted by Gasteiger charge is 2.17. The number of amidine groups is 1. The molecule has 6 nitrogen and oxygen atoms in total. The van der Waals surface area contributed by atoms with Crippen molar-refractivity contribution in [3.8, 4) is 0 Å². The van der Waals surface area contributed by atoms with E-state index < -0.39 is 0 Å². The van der Waals surface area contributed by atoms with Crippen LogP contribution in [0.4, 0.5) is 10.5 Å². The van der Waals surface area contributed by atoms with Crippen LogP contribution in [0.1, 0.15) is 12.0 Å². The monoisotopic (exact) mass is 248 g/mol. The minimum atomic E-state index is -0.249. The van der Waals surface area contributed by atoms with Gasteiger partial charge in [-0.15, -0.1) is 0 Å². The summed E-state index contributed by atoms with van der Waals surface area (Å²) in [5, 5.41) is 12.8. The predicted molar refractivity (Wildman–Crippen MR) is 68.8 cm³/mol. The smallest absolute Gasteiger partial charge is 0.319 e. The first-order valence-corrected chi connectivity index (χ1v) is 5.75. The number of hydrogen-bond donors (Lipinski definition) is 4. The van der Waals surface area contributed by atoms with Crippen molar-refractivity contribution >= 4 is 17.6 Å². The number of carbonyl (C=O) groups is 1. The Labute approximate surface area is 105 Å². The van der Waals surface area contributed by atoms with Crippen molar-refractivity contribution in [2.75, 3.05) is 18.5 Å². The Kier molecular flexibility index (Phi) is 3.78. The molecular formula is C12H16N4O2. The van der Waals surface area contributed by atoms with Crippen LogP contribution in [0.5, 0.6) is 0 Å². The fourth-order valence-corrected chi connectivity index (χ4v) is 1.73. The molecule has 1 fully saturated rings. The van der Waals surface area contributed by atoms with Gasteiger partial charge in [-0.2, -0.15) is 0 Å². The molecule has 5 N–H and O–H groups in total. The summed E-state index contributed by atoms with van der Waals surface area (Å²) in [6.07, 6.45) is 0.844. The summed E-state index contributed by atoms with van der Waals surface area (Å²) < 4.78 is 5.17. The number of carbonyl (C=O) groups excluding carboxylic acids is 1.